The van der Waals surface area contributed by atoms with Gasteiger partial charge in [0.15, 0.2) is 0 Å². The Morgan fingerprint density at radius 1 is 1.26 bits per heavy atom. The van der Waals surface area contributed by atoms with Crippen molar-refractivity contribution in [3.63, 3.8) is 0 Å². The second kappa shape index (κ2) is 5.81. The molecule has 0 aliphatic carbocycles. The summed E-state index contributed by atoms with van der Waals surface area (Å²) in [7, 11) is -2.17. The molecule has 1 aromatic heterocycles. The monoisotopic (exact) mass is 282 g/mol. The molecule has 0 saturated carbocycles. The van der Waals surface area contributed by atoms with Gasteiger partial charge in [0.05, 0.1) is 26.0 Å². The lowest BCUT2D eigenvalue weighted by Crippen LogP contribution is -2.28. The SMILES string of the molecule is COc1ccccc1S(=O)(=O)NCCn1nccn1. The van der Waals surface area contributed by atoms with Gasteiger partial charge >= 0.3 is 0 Å². The summed E-state index contributed by atoms with van der Waals surface area (Å²) in [6.45, 7) is 0.566. The fourth-order valence-electron chi connectivity index (χ4n) is 1.56. The normalized spacial score (nSPS) is 11.4. The van der Waals surface area contributed by atoms with Crippen LogP contribution in [0.1, 0.15) is 0 Å². The van der Waals surface area contributed by atoms with E-state index in [9.17, 15) is 8.42 Å². The minimum Gasteiger partial charge on any atom is -0.495 e. The van der Waals surface area contributed by atoms with Crippen LogP contribution in [0, 0.1) is 0 Å². The van der Waals surface area contributed by atoms with Gasteiger partial charge in [0.25, 0.3) is 0 Å². The summed E-state index contributed by atoms with van der Waals surface area (Å²) in [6, 6.07) is 6.45. The number of methoxy groups -OCH3 is 1. The Balaban J connectivity index is 2.05. The molecule has 0 unspecified atom stereocenters. The number of ether oxygens (including phenoxy) is 1. The standard InChI is InChI=1S/C11H14N4O3S/c1-18-10-4-2-3-5-11(10)19(16,17)14-8-9-15-12-6-7-13-15/h2-7,14H,8-9H2,1H3. The van der Waals surface area contributed by atoms with E-state index in [0.717, 1.165) is 0 Å². The van der Waals surface area contributed by atoms with Crippen molar-refractivity contribution >= 4 is 10.0 Å². The highest BCUT2D eigenvalue weighted by Gasteiger charge is 2.18. The van der Waals surface area contributed by atoms with E-state index in [-0.39, 0.29) is 11.4 Å². The first kappa shape index (κ1) is 13.5. The van der Waals surface area contributed by atoms with Gasteiger partial charge in [-0.25, -0.2) is 13.1 Å². The minimum atomic E-state index is -3.60. The topological polar surface area (TPSA) is 86.1 Å². The third kappa shape index (κ3) is 3.30. The van der Waals surface area contributed by atoms with Crippen molar-refractivity contribution in [2.75, 3.05) is 13.7 Å². The van der Waals surface area contributed by atoms with E-state index < -0.39 is 10.0 Å². The first-order valence-corrected chi connectivity index (χ1v) is 7.08. The van der Waals surface area contributed by atoms with Gasteiger partial charge in [0.1, 0.15) is 10.6 Å². The molecule has 7 nitrogen and oxygen atoms in total. The van der Waals surface area contributed by atoms with E-state index in [2.05, 4.69) is 14.9 Å². The maximum Gasteiger partial charge on any atom is 0.244 e. The van der Waals surface area contributed by atoms with Gasteiger partial charge in [-0.1, -0.05) is 12.1 Å². The van der Waals surface area contributed by atoms with Gasteiger partial charge in [-0.05, 0) is 12.1 Å². The van der Waals surface area contributed by atoms with Crippen LogP contribution in [0.2, 0.25) is 0 Å². The molecule has 8 heteroatoms. The van der Waals surface area contributed by atoms with E-state index in [1.807, 2.05) is 0 Å². The summed E-state index contributed by atoms with van der Waals surface area (Å²) >= 11 is 0. The van der Waals surface area contributed by atoms with Crippen LogP contribution in [0.15, 0.2) is 41.6 Å². The largest absolute Gasteiger partial charge is 0.495 e. The highest BCUT2D eigenvalue weighted by molar-refractivity contribution is 7.89. The molecule has 1 N–H and O–H groups in total. The molecule has 0 spiro atoms. The van der Waals surface area contributed by atoms with Crippen molar-refractivity contribution in [1.29, 1.82) is 0 Å². The predicted octanol–water partition coefficient (Wildman–Crippen LogP) is 0.265. The first-order valence-electron chi connectivity index (χ1n) is 5.60. The number of sulfonamides is 1. The molecular weight excluding hydrogens is 268 g/mol. The lowest BCUT2D eigenvalue weighted by Gasteiger charge is -2.10. The van der Waals surface area contributed by atoms with E-state index in [4.69, 9.17) is 4.74 Å². The molecule has 2 aromatic rings. The lowest BCUT2D eigenvalue weighted by atomic mass is 10.3. The summed E-state index contributed by atoms with van der Waals surface area (Å²) in [5.74, 6) is 0.312. The highest BCUT2D eigenvalue weighted by atomic mass is 32.2. The van der Waals surface area contributed by atoms with Crippen molar-refractivity contribution in [2.45, 2.75) is 11.4 Å². The van der Waals surface area contributed by atoms with Crippen LogP contribution in [0.3, 0.4) is 0 Å². The van der Waals surface area contributed by atoms with Crippen LogP contribution in [0.25, 0.3) is 0 Å². The molecule has 2 rings (SSSR count). The van der Waals surface area contributed by atoms with Gasteiger partial charge in [-0.15, -0.1) is 0 Å². The van der Waals surface area contributed by atoms with Crippen molar-refractivity contribution in [3.05, 3.63) is 36.7 Å². The Morgan fingerprint density at radius 3 is 2.63 bits per heavy atom. The number of nitrogens with one attached hydrogen (secondary N) is 1. The van der Waals surface area contributed by atoms with Crippen LogP contribution in [0.4, 0.5) is 0 Å². The number of rotatable bonds is 6. The molecular formula is C11H14N4O3S. The number of para-hydroxylation sites is 1. The van der Waals surface area contributed by atoms with E-state index >= 15 is 0 Å². The average Bonchev–Trinajstić information content (AvgIpc) is 2.91. The van der Waals surface area contributed by atoms with Crippen LogP contribution in [-0.4, -0.2) is 37.1 Å². The maximum atomic E-state index is 12.1. The summed E-state index contributed by atoms with van der Waals surface area (Å²) in [4.78, 5) is 1.52. The second-order valence-electron chi connectivity index (χ2n) is 3.67. The molecule has 0 aliphatic rings. The van der Waals surface area contributed by atoms with Crippen molar-refractivity contribution in [3.8, 4) is 5.75 Å². The summed E-state index contributed by atoms with van der Waals surface area (Å²) in [5, 5.41) is 7.78. The Bertz CT molecular complexity index is 625. The molecule has 0 saturated heterocycles. The van der Waals surface area contributed by atoms with E-state index in [1.54, 1.807) is 18.2 Å². The summed E-state index contributed by atoms with van der Waals surface area (Å²) in [6.07, 6.45) is 3.07. The highest BCUT2D eigenvalue weighted by Crippen LogP contribution is 2.22. The molecule has 0 radical (unpaired) electrons. The molecule has 0 atom stereocenters. The molecule has 0 bridgehead atoms. The fraction of sp³-hybridized carbons (Fsp3) is 0.273. The second-order valence-corrected chi connectivity index (χ2v) is 5.41. The third-order valence-corrected chi connectivity index (χ3v) is 3.93. The minimum absolute atomic E-state index is 0.117. The van der Waals surface area contributed by atoms with Crippen molar-refractivity contribution in [1.82, 2.24) is 19.7 Å². The fourth-order valence-corrected chi connectivity index (χ4v) is 2.75. The molecule has 0 aliphatic heterocycles. The van der Waals surface area contributed by atoms with Gasteiger partial charge in [0.2, 0.25) is 10.0 Å². The zero-order valence-corrected chi connectivity index (χ0v) is 11.2. The lowest BCUT2D eigenvalue weighted by molar-refractivity contribution is 0.402. The van der Waals surface area contributed by atoms with Crippen LogP contribution in [-0.2, 0) is 16.6 Å². The smallest absolute Gasteiger partial charge is 0.244 e. The predicted molar refractivity (Wildman–Crippen MR) is 68.2 cm³/mol. The molecule has 1 heterocycles. The van der Waals surface area contributed by atoms with Crippen LogP contribution >= 0.6 is 0 Å². The van der Waals surface area contributed by atoms with Gasteiger partial charge in [-0.2, -0.15) is 15.0 Å². The molecule has 0 amide bonds. The number of hydrogen-bond donors (Lipinski definition) is 1. The number of aromatic nitrogens is 3. The van der Waals surface area contributed by atoms with E-state index in [1.165, 1.54) is 30.4 Å². The Kier molecular flexibility index (Phi) is 4.13. The quantitative estimate of drug-likeness (QED) is 0.821. The number of benzene rings is 1. The van der Waals surface area contributed by atoms with Gasteiger partial charge in [-0.3, -0.25) is 0 Å². The number of hydrogen-bond acceptors (Lipinski definition) is 5. The van der Waals surface area contributed by atoms with Crippen LogP contribution < -0.4 is 9.46 Å². The molecule has 102 valence electrons. The van der Waals surface area contributed by atoms with Crippen molar-refractivity contribution in [2.24, 2.45) is 0 Å². The Hall–Kier alpha value is -1.93. The van der Waals surface area contributed by atoms with Gasteiger partial charge in [0, 0.05) is 6.54 Å². The van der Waals surface area contributed by atoms with Crippen LogP contribution in [0.5, 0.6) is 5.75 Å². The van der Waals surface area contributed by atoms with Crippen molar-refractivity contribution < 1.29 is 13.2 Å². The van der Waals surface area contributed by atoms with Gasteiger partial charge < -0.3 is 4.74 Å². The zero-order valence-electron chi connectivity index (χ0n) is 10.4. The third-order valence-electron chi connectivity index (χ3n) is 2.43. The molecule has 0 fully saturated rings. The summed E-state index contributed by atoms with van der Waals surface area (Å²) in [5.41, 5.74) is 0. The summed E-state index contributed by atoms with van der Waals surface area (Å²) < 4.78 is 31.7. The first-order chi connectivity index (χ1) is 9.13. The number of nitrogens with zero attached hydrogens (tertiary/aromatic N) is 3. The average molecular weight is 282 g/mol. The molecule has 19 heavy (non-hydrogen) atoms. The molecule has 1 aromatic carbocycles. The Morgan fingerprint density at radius 2 is 1.95 bits per heavy atom. The van der Waals surface area contributed by atoms with E-state index in [0.29, 0.717) is 12.3 Å². The zero-order chi connectivity index (χ0) is 13.7. The maximum absolute atomic E-state index is 12.1. The Labute approximate surface area is 111 Å².